The van der Waals surface area contributed by atoms with Crippen molar-refractivity contribution < 1.29 is 28.4 Å². The Labute approximate surface area is 148 Å². The van der Waals surface area contributed by atoms with Crippen molar-refractivity contribution in [3.63, 3.8) is 0 Å². The number of methoxy groups -OCH3 is 6. The summed E-state index contributed by atoms with van der Waals surface area (Å²) in [6.45, 7) is 8.55. The molecule has 0 unspecified atom stereocenters. The summed E-state index contributed by atoms with van der Waals surface area (Å²) < 4.78 is 35.9. The lowest BCUT2D eigenvalue weighted by molar-refractivity contribution is -0.385. The van der Waals surface area contributed by atoms with Crippen LogP contribution in [0.25, 0.3) is 0 Å². The maximum Gasteiger partial charge on any atom is 0.158 e. The van der Waals surface area contributed by atoms with Crippen molar-refractivity contribution in [2.45, 2.75) is 42.8 Å². The summed E-state index contributed by atoms with van der Waals surface area (Å²) in [6.07, 6.45) is 0. The zero-order chi connectivity index (χ0) is 18.4. The van der Waals surface area contributed by atoms with Crippen molar-refractivity contribution in [3.8, 4) is 0 Å². The largest absolute Gasteiger partial charge is 0.357 e. The van der Waals surface area contributed by atoms with Gasteiger partial charge in [0.25, 0.3) is 0 Å². The van der Waals surface area contributed by atoms with Crippen LogP contribution in [0.15, 0.2) is 0 Å². The summed E-state index contributed by atoms with van der Waals surface area (Å²) >= 11 is 0. The molecule has 0 rings (SSSR count). The number of ether oxygens (including phenoxy) is 6. The van der Waals surface area contributed by atoms with Gasteiger partial charge >= 0.3 is 0 Å². The van der Waals surface area contributed by atoms with Crippen LogP contribution in [0.1, 0.15) is 6.92 Å². The second kappa shape index (κ2) is 9.20. The summed E-state index contributed by atoms with van der Waals surface area (Å²) in [5.74, 6) is 0. The van der Waals surface area contributed by atoms with Crippen LogP contribution in [0.5, 0.6) is 0 Å². The zero-order valence-corrected chi connectivity index (χ0v) is 20.8. The van der Waals surface area contributed by atoms with Gasteiger partial charge < -0.3 is 28.4 Å². The Bertz CT molecular complexity index is 268. The Kier molecular flexibility index (Phi) is 9.37. The summed E-state index contributed by atoms with van der Waals surface area (Å²) in [5, 5.41) is 0. The molecule has 0 N–H and O–H groups in total. The van der Waals surface area contributed by atoms with Crippen LogP contribution in [-0.2, 0) is 28.4 Å². The normalized spacial score (nSPS) is 18.0. The van der Waals surface area contributed by atoms with Gasteiger partial charge in [0.1, 0.15) is 5.41 Å². The van der Waals surface area contributed by atoms with Gasteiger partial charge in [-0.3, -0.25) is 0 Å². The Morgan fingerprint density at radius 1 is 0.478 bits per heavy atom. The molecule has 0 spiro atoms. The van der Waals surface area contributed by atoms with E-state index in [-0.39, 0.29) is 0 Å². The first-order valence-electron chi connectivity index (χ1n) is 8.11. The van der Waals surface area contributed by atoms with Gasteiger partial charge in [-0.2, -0.15) is 0 Å². The minimum atomic E-state index is -0.836. The topological polar surface area (TPSA) is 55.4 Å². The Morgan fingerprint density at radius 3 is 0.739 bits per heavy atom. The fraction of sp³-hybridized carbons (Fsp3) is 1.00. The first kappa shape index (κ1) is 23.4. The van der Waals surface area contributed by atoms with Crippen LogP contribution < -0.4 is 0 Å². The van der Waals surface area contributed by atoms with E-state index in [9.17, 15) is 0 Å². The van der Waals surface area contributed by atoms with Crippen LogP contribution in [0.4, 0.5) is 0 Å². The average molecular weight is 385 g/mol. The van der Waals surface area contributed by atoms with Gasteiger partial charge in [-0.05, 0) is 6.92 Å². The lowest BCUT2D eigenvalue weighted by Gasteiger charge is -2.61. The molecule has 0 aliphatic heterocycles. The highest BCUT2D eigenvalue weighted by atomic mass is 28.2. The zero-order valence-electron chi connectivity index (χ0n) is 16.6. The SMILES string of the molecule is COC(OC)([SiH2]C)C(C)(C(OC)(OC)[SiH2]C)C(OC)(OC)[SiH2]C. The van der Waals surface area contributed by atoms with Crippen LogP contribution in [0.3, 0.4) is 0 Å². The lowest BCUT2D eigenvalue weighted by Crippen LogP contribution is -2.78. The molecule has 0 fully saturated rings. The van der Waals surface area contributed by atoms with Crippen LogP contribution in [0.2, 0.25) is 19.6 Å². The molecule has 0 radical (unpaired) electrons. The van der Waals surface area contributed by atoms with Gasteiger partial charge in [-0.15, -0.1) is 0 Å². The van der Waals surface area contributed by atoms with E-state index in [1.54, 1.807) is 42.7 Å². The van der Waals surface area contributed by atoms with E-state index in [1.807, 2.05) is 0 Å². The Balaban J connectivity index is 6.86. The summed E-state index contributed by atoms with van der Waals surface area (Å²) in [6, 6.07) is 0. The first-order chi connectivity index (χ1) is 10.8. The monoisotopic (exact) mass is 384 g/mol. The fourth-order valence-corrected chi connectivity index (χ4v) is 10.5. The van der Waals surface area contributed by atoms with Crippen molar-refractivity contribution in [2.75, 3.05) is 42.7 Å². The van der Waals surface area contributed by atoms with Crippen LogP contribution >= 0.6 is 0 Å². The smallest absolute Gasteiger partial charge is 0.158 e. The van der Waals surface area contributed by atoms with Crippen molar-refractivity contribution >= 4 is 28.6 Å². The van der Waals surface area contributed by atoms with Gasteiger partial charge in [-0.25, -0.2) is 0 Å². The molecule has 0 atom stereocenters. The standard InChI is InChI=1S/C14H36O6Si3/c1-11(12(15-2,16-3)21-8,13(17-4,18-5)22-9)14(19-6,20-7)23-10/h21-23H2,1-10H3. The van der Waals surface area contributed by atoms with E-state index < -0.39 is 50.2 Å². The van der Waals surface area contributed by atoms with Gasteiger partial charge in [-0.1, -0.05) is 19.6 Å². The van der Waals surface area contributed by atoms with Gasteiger partial charge in [0.2, 0.25) is 0 Å². The molecule has 0 saturated heterocycles. The maximum atomic E-state index is 5.99. The highest BCUT2D eigenvalue weighted by Gasteiger charge is 2.71. The third kappa shape index (κ3) is 3.15. The molecule has 0 heterocycles. The molecule has 23 heavy (non-hydrogen) atoms. The molecule has 9 heteroatoms. The van der Waals surface area contributed by atoms with Gasteiger partial charge in [0.05, 0.1) is 28.6 Å². The molecule has 140 valence electrons. The second-order valence-electron chi connectivity index (χ2n) is 5.67. The summed E-state index contributed by atoms with van der Waals surface area (Å²) in [4.78, 5) is 0. The second-order valence-corrected chi connectivity index (χ2v) is 10.6. The molecule has 0 amide bonds. The molecular weight excluding hydrogens is 348 g/mol. The highest BCUT2D eigenvalue weighted by molar-refractivity contribution is 6.43. The fourth-order valence-electron chi connectivity index (χ4n) is 4.27. The molecule has 0 aliphatic carbocycles. The molecule has 0 saturated carbocycles. The predicted octanol–water partition coefficient (Wildman–Crippen LogP) is -0.517. The summed E-state index contributed by atoms with van der Waals surface area (Å²) in [5.41, 5.74) is -3.27. The third-order valence-corrected chi connectivity index (χ3v) is 12.3. The van der Waals surface area contributed by atoms with E-state index >= 15 is 0 Å². The van der Waals surface area contributed by atoms with Crippen molar-refractivity contribution in [1.82, 2.24) is 0 Å². The van der Waals surface area contributed by atoms with Gasteiger partial charge in [0, 0.05) is 42.7 Å². The average Bonchev–Trinajstić information content (AvgIpc) is 2.61. The quantitative estimate of drug-likeness (QED) is 0.333. The molecule has 0 aliphatic rings. The predicted molar refractivity (Wildman–Crippen MR) is 102 cm³/mol. The van der Waals surface area contributed by atoms with Crippen molar-refractivity contribution in [1.29, 1.82) is 0 Å². The van der Waals surface area contributed by atoms with E-state index in [0.717, 1.165) is 0 Å². The van der Waals surface area contributed by atoms with Crippen molar-refractivity contribution in [2.24, 2.45) is 5.41 Å². The molecule has 0 aromatic carbocycles. The van der Waals surface area contributed by atoms with E-state index in [0.29, 0.717) is 0 Å². The van der Waals surface area contributed by atoms with E-state index in [2.05, 4.69) is 26.6 Å². The highest BCUT2D eigenvalue weighted by Crippen LogP contribution is 2.54. The minimum Gasteiger partial charge on any atom is -0.357 e. The first-order valence-corrected chi connectivity index (χ1v) is 14.5. The van der Waals surface area contributed by atoms with E-state index in [4.69, 9.17) is 28.4 Å². The van der Waals surface area contributed by atoms with E-state index in [1.165, 1.54) is 0 Å². The number of rotatable bonds is 12. The third-order valence-electron chi connectivity index (χ3n) is 5.66. The maximum absolute atomic E-state index is 5.99. The molecule has 0 bridgehead atoms. The molecular formula is C14H36O6Si3. The minimum absolute atomic E-state index is 0.758. The van der Waals surface area contributed by atoms with Crippen molar-refractivity contribution in [3.05, 3.63) is 0 Å². The number of hydrogen-bond donors (Lipinski definition) is 0. The molecule has 0 aromatic heterocycles. The van der Waals surface area contributed by atoms with Gasteiger partial charge in [0.15, 0.2) is 16.2 Å². The van der Waals surface area contributed by atoms with Crippen LogP contribution in [0, 0.1) is 5.41 Å². The Morgan fingerprint density at radius 2 is 0.652 bits per heavy atom. The Hall–Kier alpha value is 0.411. The lowest BCUT2D eigenvalue weighted by atomic mass is 9.85. The molecule has 0 aromatic rings. The molecule has 6 nitrogen and oxygen atoms in total. The number of hydrogen-bond acceptors (Lipinski definition) is 6. The van der Waals surface area contributed by atoms with Crippen LogP contribution in [-0.4, -0.2) is 87.4 Å². The summed E-state index contributed by atoms with van der Waals surface area (Å²) in [7, 11) is 7.62.